The molecule has 0 saturated carbocycles. The maximum absolute atomic E-state index is 11.6. The van der Waals surface area contributed by atoms with E-state index in [0.717, 1.165) is 30.1 Å². The molecule has 2 aromatic rings. The zero-order valence-electron chi connectivity index (χ0n) is 11.8. The molecule has 1 N–H and O–H groups in total. The van der Waals surface area contributed by atoms with Gasteiger partial charge in [0.25, 0.3) is 0 Å². The zero-order valence-corrected chi connectivity index (χ0v) is 11.8. The number of aromatic hydroxyl groups is 1. The lowest BCUT2D eigenvalue weighted by Gasteiger charge is -2.19. The van der Waals surface area contributed by atoms with Crippen molar-refractivity contribution >= 4 is 5.97 Å². The first-order chi connectivity index (χ1) is 10.2. The molecule has 0 fully saturated rings. The Morgan fingerprint density at radius 2 is 2.19 bits per heavy atom. The molecule has 0 amide bonds. The number of benzene rings is 1. The van der Waals surface area contributed by atoms with Crippen molar-refractivity contribution in [3.05, 3.63) is 41.5 Å². The van der Waals surface area contributed by atoms with Crippen LogP contribution >= 0.6 is 0 Å². The van der Waals surface area contributed by atoms with Gasteiger partial charge in [-0.15, -0.1) is 0 Å². The highest BCUT2D eigenvalue weighted by atomic mass is 16.5. The Labute approximate surface area is 122 Å². The van der Waals surface area contributed by atoms with Gasteiger partial charge in [0, 0.05) is 12.8 Å². The normalized spacial score (nSPS) is 17.3. The van der Waals surface area contributed by atoms with Crippen LogP contribution in [0.1, 0.15) is 23.6 Å². The van der Waals surface area contributed by atoms with Gasteiger partial charge in [0.2, 0.25) is 0 Å². The summed E-state index contributed by atoms with van der Waals surface area (Å²) < 4.78 is 6.60. The number of carbonyl (C=O) groups is 1. The molecule has 0 radical (unpaired) electrons. The van der Waals surface area contributed by atoms with Gasteiger partial charge in [-0.05, 0) is 24.1 Å². The lowest BCUT2D eigenvalue weighted by atomic mass is 10.0. The first kappa shape index (κ1) is 13.6. The summed E-state index contributed by atoms with van der Waals surface area (Å²) in [6.45, 7) is 0.532. The number of carbonyl (C=O) groups excluding carboxylic acids is 1. The van der Waals surface area contributed by atoms with Crippen LogP contribution in [-0.2, 0) is 28.9 Å². The maximum atomic E-state index is 11.6. The van der Waals surface area contributed by atoms with Crippen LogP contribution in [0.3, 0.4) is 0 Å². The van der Waals surface area contributed by atoms with E-state index in [2.05, 4.69) is 10.1 Å². The quantitative estimate of drug-likeness (QED) is 0.861. The lowest BCUT2D eigenvalue weighted by molar-refractivity contribution is -0.146. The van der Waals surface area contributed by atoms with Gasteiger partial charge in [0.05, 0.1) is 19.6 Å². The zero-order chi connectivity index (χ0) is 14.8. The molecule has 0 saturated heterocycles. The van der Waals surface area contributed by atoms with Crippen molar-refractivity contribution in [1.82, 2.24) is 14.8 Å². The van der Waals surface area contributed by atoms with E-state index >= 15 is 0 Å². The number of rotatable bonds is 3. The van der Waals surface area contributed by atoms with Crippen LogP contribution in [0.4, 0.5) is 0 Å². The van der Waals surface area contributed by atoms with E-state index < -0.39 is 0 Å². The summed E-state index contributed by atoms with van der Waals surface area (Å²) in [5, 5.41) is 13.8. The van der Waals surface area contributed by atoms with Crippen molar-refractivity contribution in [3.8, 4) is 5.75 Å². The number of methoxy groups -OCH3 is 1. The number of aromatic nitrogens is 3. The van der Waals surface area contributed by atoms with Crippen LogP contribution in [0.2, 0.25) is 0 Å². The number of hydrogen-bond acceptors (Lipinski definition) is 5. The van der Waals surface area contributed by atoms with Gasteiger partial charge in [-0.2, -0.15) is 5.10 Å². The molecule has 3 rings (SSSR count). The van der Waals surface area contributed by atoms with E-state index in [0.29, 0.717) is 13.0 Å². The summed E-state index contributed by atoms with van der Waals surface area (Å²) in [5.41, 5.74) is 1.04. The molecule has 6 heteroatoms. The second-order valence-electron chi connectivity index (χ2n) is 5.23. The van der Waals surface area contributed by atoms with Crippen LogP contribution in [0.25, 0.3) is 0 Å². The van der Waals surface area contributed by atoms with Gasteiger partial charge < -0.3 is 9.84 Å². The Balaban J connectivity index is 1.74. The summed E-state index contributed by atoms with van der Waals surface area (Å²) in [6.07, 6.45) is 2.11. The molecule has 0 bridgehead atoms. The van der Waals surface area contributed by atoms with Crippen LogP contribution in [0, 0.1) is 5.92 Å². The molecule has 1 aromatic carbocycles. The molecule has 1 aromatic heterocycles. The van der Waals surface area contributed by atoms with Gasteiger partial charge in [-0.1, -0.05) is 12.1 Å². The summed E-state index contributed by atoms with van der Waals surface area (Å²) in [7, 11) is 1.41. The summed E-state index contributed by atoms with van der Waals surface area (Å²) in [4.78, 5) is 16.1. The molecule has 110 valence electrons. The van der Waals surface area contributed by atoms with Crippen molar-refractivity contribution in [3.63, 3.8) is 0 Å². The van der Waals surface area contributed by atoms with Gasteiger partial charge in [0.15, 0.2) is 5.82 Å². The largest absolute Gasteiger partial charge is 0.508 e. The number of nitrogens with zero attached hydrogens (tertiary/aromatic N) is 3. The standard InChI is InChI=1S/C15H17N3O3/c1-21-15(20)11-4-7-14-16-13(17-18(14)9-11)8-10-2-5-12(19)6-3-10/h2-3,5-6,11,19H,4,7-9H2,1H3. The molecule has 0 spiro atoms. The van der Waals surface area contributed by atoms with Gasteiger partial charge in [0.1, 0.15) is 11.6 Å². The Hall–Kier alpha value is -2.37. The highest BCUT2D eigenvalue weighted by Crippen LogP contribution is 2.20. The van der Waals surface area contributed by atoms with Crippen LogP contribution in [0.15, 0.2) is 24.3 Å². The van der Waals surface area contributed by atoms with Gasteiger partial charge in [-0.25, -0.2) is 9.67 Å². The molecule has 0 aliphatic carbocycles. The van der Waals surface area contributed by atoms with E-state index in [1.807, 2.05) is 12.1 Å². The third-order valence-electron chi connectivity index (χ3n) is 3.74. The van der Waals surface area contributed by atoms with E-state index in [1.165, 1.54) is 7.11 Å². The summed E-state index contributed by atoms with van der Waals surface area (Å²) >= 11 is 0. The van der Waals surface area contributed by atoms with E-state index in [9.17, 15) is 9.90 Å². The minimum atomic E-state index is -0.184. The van der Waals surface area contributed by atoms with E-state index in [1.54, 1.807) is 16.8 Å². The highest BCUT2D eigenvalue weighted by molar-refractivity contribution is 5.72. The summed E-state index contributed by atoms with van der Waals surface area (Å²) in [5.74, 6) is 1.59. The van der Waals surface area contributed by atoms with Gasteiger partial charge >= 0.3 is 5.97 Å². The topological polar surface area (TPSA) is 77.2 Å². The second-order valence-corrected chi connectivity index (χ2v) is 5.23. The molecule has 1 unspecified atom stereocenters. The van der Waals surface area contributed by atoms with E-state index in [-0.39, 0.29) is 17.6 Å². The first-order valence-electron chi connectivity index (χ1n) is 6.94. The Morgan fingerprint density at radius 3 is 2.90 bits per heavy atom. The molecule has 6 nitrogen and oxygen atoms in total. The van der Waals surface area contributed by atoms with Gasteiger partial charge in [-0.3, -0.25) is 4.79 Å². The van der Waals surface area contributed by atoms with Crippen LogP contribution in [-0.4, -0.2) is 33.0 Å². The van der Waals surface area contributed by atoms with E-state index in [4.69, 9.17) is 4.74 Å². The number of aryl methyl sites for hydroxylation is 1. The Bertz CT molecular complexity index is 649. The minimum absolute atomic E-state index is 0.134. The smallest absolute Gasteiger partial charge is 0.310 e. The predicted molar refractivity (Wildman–Crippen MR) is 74.8 cm³/mol. The van der Waals surface area contributed by atoms with Crippen molar-refractivity contribution in [1.29, 1.82) is 0 Å². The number of phenolic OH excluding ortho intramolecular Hbond substituents is 1. The SMILES string of the molecule is COC(=O)C1CCc2nc(Cc3ccc(O)cc3)nn2C1. The molecule has 2 heterocycles. The number of phenols is 1. The molecule has 21 heavy (non-hydrogen) atoms. The minimum Gasteiger partial charge on any atom is -0.508 e. The maximum Gasteiger partial charge on any atom is 0.310 e. The molecule has 1 aliphatic rings. The molecule has 1 atom stereocenters. The fourth-order valence-corrected chi connectivity index (χ4v) is 2.59. The fraction of sp³-hybridized carbons (Fsp3) is 0.400. The third kappa shape index (κ3) is 2.89. The highest BCUT2D eigenvalue weighted by Gasteiger charge is 2.27. The molecule has 1 aliphatic heterocycles. The Morgan fingerprint density at radius 1 is 1.43 bits per heavy atom. The second kappa shape index (κ2) is 5.55. The predicted octanol–water partition coefficient (Wildman–Crippen LogP) is 1.31. The monoisotopic (exact) mass is 287 g/mol. The number of fused-ring (bicyclic) bond motifs is 1. The van der Waals surface area contributed by atoms with Crippen molar-refractivity contribution < 1.29 is 14.6 Å². The van der Waals surface area contributed by atoms with Crippen LogP contribution in [0.5, 0.6) is 5.75 Å². The lowest BCUT2D eigenvalue weighted by Crippen LogP contribution is -2.28. The van der Waals surface area contributed by atoms with Crippen LogP contribution < -0.4 is 0 Å². The average Bonchev–Trinajstić information content (AvgIpc) is 2.90. The number of esters is 1. The number of hydrogen-bond donors (Lipinski definition) is 1. The summed E-state index contributed by atoms with van der Waals surface area (Å²) in [6, 6.07) is 7.01. The van der Waals surface area contributed by atoms with Crippen molar-refractivity contribution in [2.24, 2.45) is 5.92 Å². The van der Waals surface area contributed by atoms with Crippen molar-refractivity contribution in [2.45, 2.75) is 25.8 Å². The first-order valence-corrected chi connectivity index (χ1v) is 6.94. The Kier molecular flexibility index (Phi) is 3.60. The molecular weight excluding hydrogens is 270 g/mol. The number of ether oxygens (including phenoxy) is 1. The molecular formula is C15H17N3O3. The van der Waals surface area contributed by atoms with Crippen molar-refractivity contribution in [2.75, 3.05) is 7.11 Å². The average molecular weight is 287 g/mol. The third-order valence-corrected chi connectivity index (χ3v) is 3.74. The fourth-order valence-electron chi connectivity index (χ4n) is 2.59.